The Labute approximate surface area is 159 Å². The zero-order valence-corrected chi connectivity index (χ0v) is 14.8. The first-order valence-electron chi connectivity index (χ1n) is 8.64. The lowest BCUT2D eigenvalue weighted by Crippen LogP contribution is -2.22. The number of nitrogens with zero attached hydrogens (tertiary/aromatic N) is 2. The number of nitrogens with two attached hydrogens (primary N) is 1. The van der Waals surface area contributed by atoms with Crippen molar-refractivity contribution in [1.29, 1.82) is 0 Å². The number of rotatable bonds is 4. The Morgan fingerprint density at radius 2 is 1.86 bits per heavy atom. The third-order valence-corrected chi connectivity index (χ3v) is 4.54. The van der Waals surface area contributed by atoms with Crippen LogP contribution in [0, 0.1) is 5.82 Å². The molecule has 2 amide bonds. The van der Waals surface area contributed by atoms with E-state index in [1.54, 1.807) is 35.0 Å². The summed E-state index contributed by atoms with van der Waals surface area (Å²) in [5, 5.41) is 7.10. The summed E-state index contributed by atoms with van der Waals surface area (Å²) in [6, 6.07) is 14.1. The summed E-state index contributed by atoms with van der Waals surface area (Å²) in [4.78, 5) is 23.6. The number of fused-ring (bicyclic) bond motifs is 1. The minimum absolute atomic E-state index is 0.259. The molecule has 0 fully saturated rings. The van der Waals surface area contributed by atoms with Gasteiger partial charge in [0.05, 0.1) is 18.8 Å². The molecule has 1 aliphatic rings. The molecule has 8 heteroatoms. The van der Waals surface area contributed by atoms with Crippen LogP contribution in [0.3, 0.4) is 0 Å². The van der Waals surface area contributed by atoms with Gasteiger partial charge in [0.15, 0.2) is 5.69 Å². The molecule has 0 aliphatic carbocycles. The van der Waals surface area contributed by atoms with Gasteiger partial charge in [-0.15, -0.1) is 0 Å². The van der Waals surface area contributed by atoms with Gasteiger partial charge in [-0.05, 0) is 48.0 Å². The monoisotopic (exact) mass is 380 g/mol. The number of benzene rings is 2. The zero-order valence-electron chi connectivity index (χ0n) is 14.8. The standard InChI is InChI=1S/C20H17FN4O3/c21-14-5-1-12(2-6-14)18-10-25-16(11-28-18)9-17(24-25)20(27)23-15-7-3-13(4-8-15)19(22)26/h1-9,18H,10-11H2,(H2,22,26)(H,23,27)/t18-/m0/s1. The molecule has 0 saturated heterocycles. The minimum Gasteiger partial charge on any atom is -0.366 e. The molecule has 3 N–H and O–H groups in total. The van der Waals surface area contributed by atoms with E-state index in [2.05, 4.69) is 10.4 Å². The van der Waals surface area contributed by atoms with E-state index in [-0.39, 0.29) is 23.5 Å². The second kappa shape index (κ2) is 7.24. The molecule has 0 radical (unpaired) electrons. The molecule has 2 aromatic carbocycles. The Morgan fingerprint density at radius 3 is 2.54 bits per heavy atom. The van der Waals surface area contributed by atoms with Gasteiger partial charge >= 0.3 is 0 Å². The number of nitrogens with one attached hydrogen (secondary N) is 1. The predicted octanol–water partition coefficient (Wildman–Crippen LogP) is 2.64. The van der Waals surface area contributed by atoms with Crippen LogP contribution in [0.1, 0.15) is 38.2 Å². The van der Waals surface area contributed by atoms with E-state index >= 15 is 0 Å². The fraction of sp³-hybridized carbons (Fsp3) is 0.150. The first-order chi connectivity index (χ1) is 13.5. The van der Waals surface area contributed by atoms with Crippen LogP contribution in [0.2, 0.25) is 0 Å². The first kappa shape index (κ1) is 17.9. The van der Waals surface area contributed by atoms with Crippen molar-refractivity contribution >= 4 is 17.5 Å². The molecule has 1 atom stereocenters. The Balaban J connectivity index is 1.47. The fourth-order valence-electron chi connectivity index (χ4n) is 3.03. The second-order valence-corrected chi connectivity index (χ2v) is 6.45. The second-order valence-electron chi connectivity index (χ2n) is 6.45. The molecule has 2 heterocycles. The van der Waals surface area contributed by atoms with E-state index in [4.69, 9.17) is 10.5 Å². The predicted molar refractivity (Wildman–Crippen MR) is 99.1 cm³/mol. The maximum atomic E-state index is 13.1. The van der Waals surface area contributed by atoms with Gasteiger partial charge in [-0.3, -0.25) is 14.3 Å². The maximum absolute atomic E-state index is 13.1. The molecular formula is C20H17FN4O3. The Hall–Kier alpha value is -3.52. The van der Waals surface area contributed by atoms with Gasteiger partial charge in [0.25, 0.3) is 5.91 Å². The lowest BCUT2D eigenvalue weighted by Gasteiger charge is -2.24. The zero-order chi connectivity index (χ0) is 19.7. The molecule has 1 aromatic heterocycles. The summed E-state index contributed by atoms with van der Waals surface area (Å²) >= 11 is 0. The summed E-state index contributed by atoms with van der Waals surface area (Å²) < 4.78 is 20.6. The van der Waals surface area contributed by atoms with Gasteiger partial charge in [-0.1, -0.05) is 12.1 Å². The number of carbonyl (C=O) groups excluding carboxylic acids is 2. The van der Waals surface area contributed by atoms with Crippen LogP contribution in [-0.2, 0) is 17.9 Å². The van der Waals surface area contributed by atoms with Gasteiger partial charge in [0, 0.05) is 11.3 Å². The highest BCUT2D eigenvalue weighted by Crippen LogP contribution is 2.27. The molecule has 0 spiro atoms. The fourth-order valence-corrected chi connectivity index (χ4v) is 3.03. The van der Waals surface area contributed by atoms with Gasteiger partial charge in [-0.2, -0.15) is 5.10 Å². The molecule has 4 rings (SSSR count). The van der Waals surface area contributed by atoms with Crippen LogP contribution in [0.15, 0.2) is 54.6 Å². The van der Waals surface area contributed by atoms with E-state index in [0.29, 0.717) is 24.4 Å². The summed E-state index contributed by atoms with van der Waals surface area (Å²) in [6.07, 6.45) is -0.259. The van der Waals surface area contributed by atoms with Crippen molar-refractivity contribution in [2.45, 2.75) is 19.3 Å². The molecule has 0 unspecified atom stereocenters. The lowest BCUT2D eigenvalue weighted by molar-refractivity contribution is -0.00122. The van der Waals surface area contributed by atoms with Crippen LogP contribution in [0.5, 0.6) is 0 Å². The number of carbonyl (C=O) groups is 2. The average molecular weight is 380 g/mol. The third kappa shape index (κ3) is 3.63. The normalized spacial score (nSPS) is 15.7. The van der Waals surface area contributed by atoms with E-state index in [9.17, 15) is 14.0 Å². The number of hydrogen-bond acceptors (Lipinski definition) is 4. The van der Waals surface area contributed by atoms with Gasteiger partial charge in [0.2, 0.25) is 5.91 Å². The van der Waals surface area contributed by atoms with E-state index in [1.807, 2.05) is 0 Å². The van der Waals surface area contributed by atoms with E-state index in [0.717, 1.165) is 11.3 Å². The molecule has 3 aromatic rings. The number of primary amides is 1. The van der Waals surface area contributed by atoms with Crippen molar-refractivity contribution < 1.29 is 18.7 Å². The first-order valence-corrected chi connectivity index (χ1v) is 8.64. The highest BCUT2D eigenvalue weighted by molar-refractivity contribution is 6.03. The van der Waals surface area contributed by atoms with Gasteiger partial charge in [-0.25, -0.2) is 4.39 Å². The number of amides is 2. The summed E-state index contributed by atoms with van der Waals surface area (Å²) in [5.74, 6) is -1.20. The van der Waals surface area contributed by atoms with Crippen LogP contribution in [-0.4, -0.2) is 21.6 Å². The largest absolute Gasteiger partial charge is 0.366 e. The molecular weight excluding hydrogens is 363 g/mol. The number of aromatic nitrogens is 2. The van der Waals surface area contributed by atoms with Crippen LogP contribution in [0.25, 0.3) is 0 Å². The van der Waals surface area contributed by atoms with Crippen LogP contribution >= 0.6 is 0 Å². The molecule has 0 bridgehead atoms. The van der Waals surface area contributed by atoms with E-state index < -0.39 is 5.91 Å². The summed E-state index contributed by atoms with van der Waals surface area (Å²) in [7, 11) is 0. The molecule has 142 valence electrons. The van der Waals surface area contributed by atoms with Gasteiger partial charge < -0.3 is 15.8 Å². The number of ether oxygens (including phenoxy) is 1. The SMILES string of the molecule is NC(=O)c1ccc(NC(=O)c2cc3n(n2)C[C@@H](c2ccc(F)cc2)OC3)cc1. The molecule has 0 saturated carbocycles. The maximum Gasteiger partial charge on any atom is 0.276 e. The van der Waals surface area contributed by atoms with Crippen molar-refractivity contribution in [3.05, 3.63) is 82.9 Å². The lowest BCUT2D eigenvalue weighted by atomic mass is 10.1. The van der Waals surface area contributed by atoms with Crippen molar-refractivity contribution in [3.8, 4) is 0 Å². The van der Waals surface area contributed by atoms with Crippen LogP contribution in [0.4, 0.5) is 10.1 Å². The number of halogens is 1. The summed E-state index contributed by atoms with van der Waals surface area (Å²) in [6.45, 7) is 0.733. The van der Waals surface area contributed by atoms with Gasteiger partial charge in [0.1, 0.15) is 11.9 Å². The topological polar surface area (TPSA) is 99.2 Å². The third-order valence-electron chi connectivity index (χ3n) is 4.54. The minimum atomic E-state index is -0.532. The number of anilines is 1. The quantitative estimate of drug-likeness (QED) is 0.727. The highest BCUT2D eigenvalue weighted by atomic mass is 19.1. The van der Waals surface area contributed by atoms with Crippen molar-refractivity contribution in [3.63, 3.8) is 0 Å². The summed E-state index contributed by atoms with van der Waals surface area (Å²) in [5.41, 5.74) is 7.99. The molecule has 1 aliphatic heterocycles. The Kier molecular flexibility index (Phi) is 4.62. The Bertz CT molecular complexity index is 1030. The van der Waals surface area contributed by atoms with Crippen molar-refractivity contribution in [2.75, 3.05) is 5.32 Å². The van der Waals surface area contributed by atoms with Crippen molar-refractivity contribution in [2.24, 2.45) is 5.73 Å². The highest BCUT2D eigenvalue weighted by Gasteiger charge is 2.24. The van der Waals surface area contributed by atoms with Crippen LogP contribution < -0.4 is 11.1 Å². The number of hydrogen-bond donors (Lipinski definition) is 2. The molecule has 28 heavy (non-hydrogen) atoms. The van der Waals surface area contributed by atoms with E-state index in [1.165, 1.54) is 24.3 Å². The molecule has 7 nitrogen and oxygen atoms in total. The Morgan fingerprint density at radius 1 is 1.14 bits per heavy atom. The smallest absolute Gasteiger partial charge is 0.276 e. The van der Waals surface area contributed by atoms with Crippen molar-refractivity contribution in [1.82, 2.24) is 9.78 Å². The average Bonchev–Trinajstić information content (AvgIpc) is 3.12.